The van der Waals surface area contributed by atoms with Crippen molar-refractivity contribution in [1.29, 1.82) is 0 Å². The van der Waals surface area contributed by atoms with E-state index in [0.717, 1.165) is 11.4 Å². The van der Waals surface area contributed by atoms with Gasteiger partial charge in [-0.1, -0.05) is 13.8 Å². The van der Waals surface area contributed by atoms with Crippen LogP contribution < -0.4 is 10.6 Å². The normalized spacial score (nSPS) is 12.9. The highest BCUT2D eigenvalue weighted by Gasteiger charge is 2.13. The summed E-state index contributed by atoms with van der Waals surface area (Å²) in [5.74, 6) is 0.629. The molecule has 0 saturated carbocycles. The highest BCUT2D eigenvalue weighted by atomic mass is 15.1. The Morgan fingerprint density at radius 2 is 2.00 bits per heavy atom. The zero-order valence-electron chi connectivity index (χ0n) is 10.1. The van der Waals surface area contributed by atoms with Gasteiger partial charge in [-0.3, -0.25) is 4.98 Å². The van der Waals surface area contributed by atoms with Crippen LogP contribution in [0.3, 0.4) is 0 Å². The van der Waals surface area contributed by atoms with Gasteiger partial charge in [0.25, 0.3) is 0 Å². The van der Waals surface area contributed by atoms with Gasteiger partial charge in [0.1, 0.15) is 0 Å². The van der Waals surface area contributed by atoms with Gasteiger partial charge in [-0.2, -0.15) is 0 Å². The second kappa shape index (κ2) is 5.12. The molecule has 0 aliphatic rings. The summed E-state index contributed by atoms with van der Waals surface area (Å²) in [7, 11) is 2.10. The fraction of sp³-hybridized carbons (Fsp3) is 0.583. The van der Waals surface area contributed by atoms with Crippen LogP contribution in [0.15, 0.2) is 18.3 Å². The molecule has 0 aromatic carbocycles. The maximum absolute atomic E-state index is 5.51. The first-order valence-electron chi connectivity index (χ1n) is 5.44. The number of nitrogens with zero attached hydrogens (tertiary/aromatic N) is 2. The molecule has 1 aromatic heterocycles. The molecular weight excluding hydrogens is 186 g/mol. The molecule has 0 fully saturated rings. The first-order chi connectivity index (χ1) is 7.06. The minimum absolute atomic E-state index is 0.504. The quantitative estimate of drug-likeness (QED) is 0.821. The smallest absolute Gasteiger partial charge is 0.0552 e. The Balaban J connectivity index is 2.78. The van der Waals surface area contributed by atoms with Crippen molar-refractivity contribution in [3.05, 3.63) is 24.0 Å². The van der Waals surface area contributed by atoms with Gasteiger partial charge in [0.05, 0.1) is 17.6 Å². The van der Waals surface area contributed by atoms with Crippen LogP contribution in [-0.4, -0.2) is 18.1 Å². The SMILES string of the molecule is CC(C)C(C)N(C)c1ccc(CN)nc1. The number of nitrogens with two attached hydrogens (primary N) is 1. The molecule has 0 amide bonds. The predicted octanol–water partition coefficient (Wildman–Crippen LogP) is 2.02. The van der Waals surface area contributed by atoms with Crippen LogP contribution in [0.2, 0.25) is 0 Å². The van der Waals surface area contributed by atoms with E-state index in [0.29, 0.717) is 18.5 Å². The Morgan fingerprint density at radius 1 is 1.33 bits per heavy atom. The summed E-state index contributed by atoms with van der Waals surface area (Å²) in [6.45, 7) is 7.18. The molecule has 0 bridgehead atoms. The molecule has 0 saturated heterocycles. The third-order valence-corrected chi connectivity index (χ3v) is 3.00. The van der Waals surface area contributed by atoms with Crippen molar-refractivity contribution < 1.29 is 0 Å². The van der Waals surface area contributed by atoms with Gasteiger partial charge in [0, 0.05) is 19.6 Å². The van der Waals surface area contributed by atoms with Gasteiger partial charge in [0.2, 0.25) is 0 Å². The van der Waals surface area contributed by atoms with Crippen LogP contribution in [0.5, 0.6) is 0 Å². The Morgan fingerprint density at radius 3 is 2.40 bits per heavy atom. The Bertz CT molecular complexity index is 292. The van der Waals surface area contributed by atoms with E-state index in [4.69, 9.17) is 5.73 Å². The van der Waals surface area contributed by atoms with E-state index in [2.05, 4.69) is 43.8 Å². The highest BCUT2D eigenvalue weighted by molar-refractivity contribution is 5.44. The third-order valence-electron chi connectivity index (χ3n) is 3.00. The molecule has 1 unspecified atom stereocenters. The fourth-order valence-electron chi connectivity index (χ4n) is 1.43. The molecule has 1 heterocycles. The largest absolute Gasteiger partial charge is 0.370 e. The summed E-state index contributed by atoms with van der Waals surface area (Å²) in [5, 5.41) is 0. The number of hydrogen-bond acceptors (Lipinski definition) is 3. The first kappa shape index (κ1) is 12.0. The van der Waals surface area contributed by atoms with E-state index in [1.54, 1.807) is 0 Å². The molecule has 0 radical (unpaired) electrons. The molecule has 1 rings (SSSR count). The Labute approximate surface area is 92.3 Å². The second-order valence-electron chi connectivity index (χ2n) is 4.31. The van der Waals surface area contributed by atoms with Crippen molar-refractivity contribution in [3.63, 3.8) is 0 Å². The van der Waals surface area contributed by atoms with Crippen molar-refractivity contribution in [3.8, 4) is 0 Å². The molecule has 1 aromatic rings. The molecule has 2 N–H and O–H groups in total. The van der Waals surface area contributed by atoms with Crippen molar-refractivity contribution in [2.45, 2.75) is 33.4 Å². The molecule has 0 aliphatic carbocycles. The monoisotopic (exact) mass is 207 g/mol. The van der Waals surface area contributed by atoms with Crippen LogP contribution in [0.25, 0.3) is 0 Å². The molecule has 84 valence electrons. The van der Waals surface area contributed by atoms with E-state index >= 15 is 0 Å². The number of hydrogen-bond donors (Lipinski definition) is 1. The average molecular weight is 207 g/mol. The number of rotatable bonds is 4. The summed E-state index contributed by atoms with van der Waals surface area (Å²) < 4.78 is 0. The molecule has 3 heteroatoms. The topological polar surface area (TPSA) is 42.1 Å². The molecule has 0 aliphatic heterocycles. The zero-order valence-corrected chi connectivity index (χ0v) is 10.1. The van der Waals surface area contributed by atoms with Crippen molar-refractivity contribution in [2.75, 3.05) is 11.9 Å². The second-order valence-corrected chi connectivity index (χ2v) is 4.31. The van der Waals surface area contributed by atoms with Crippen LogP contribution in [-0.2, 0) is 6.54 Å². The summed E-state index contributed by atoms with van der Waals surface area (Å²) in [6.07, 6.45) is 1.89. The summed E-state index contributed by atoms with van der Waals surface area (Å²) in [4.78, 5) is 6.54. The lowest BCUT2D eigenvalue weighted by atomic mass is 10.0. The van der Waals surface area contributed by atoms with Crippen molar-refractivity contribution in [1.82, 2.24) is 4.98 Å². The van der Waals surface area contributed by atoms with Gasteiger partial charge in [-0.25, -0.2) is 0 Å². The fourth-order valence-corrected chi connectivity index (χ4v) is 1.43. The number of pyridine rings is 1. The zero-order chi connectivity index (χ0) is 11.4. The Kier molecular flexibility index (Phi) is 4.09. The lowest BCUT2D eigenvalue weighted by Crippen LogP contribution is -2.33. The van der Waals surface area contributed by atoms with Crippen molar-refractivity contribution >= 4 is 5.69 Å². The lowest BCUT2D eigenvalue weighted by molar-refractivity contribution is 0.505. The van der Waals surface area contributed by atoms with Crippen LogP contribution in [0.1, 0.15) is 26.5 Å². The maximum Gasteiger partial charge on any atom is 0.0552 e. The summed E-state index contributed by atoms with van der Waals surface area (Å²) >= 11 is 0. The standard InChI is InChI=1S/C12H21N3/c1-9(2)10(3)15(4)12-6-5-11(7-13)14-8-12/h5-6,8-10H,7,13H2,1-4H3. The van der Waals surface area contributed by atoms with Gasteiger partial charge >= 0.3 is 0 Å². The summed E-state index contributed by atoms with van der Waals surface area (Å²) in [6, 6.07) is 4.57. The minimum atomic E-state index is 0.504. The van der Waals surface area contributed by atoms with Gasteiger partial charge in [-0.05, 0) is 25.0 Å². The van der Waals surface area contributed by atoms with Crippen molar-refractivity contribution in [2.24, 2.45) is 11.7 Å². The number of anilines is 1. The van der Waals surface area contributed by atoms with Crippen LogP contribution >= 0.6 is 0 Å². The van der Waals surface area contributed by atoms with E-state index in [-0.39, 0.29) is 0 Å². The molecule has 1 atom stereocenters. The highest BCUT2D eigenvalue weighted by Crippen LogP contribution is 2.18. The van der Waals surface area contributed by atoms with E-state index < -0.39 is 0 Å². The maximum atomic E-state index is 5.51. The number of aromatic nitrogens is 1. The molecule has 15 heavy (non-hydrogen) atoms. The van der Waals surface area contributed by atoms with E-state index in [1.165, 1.54) is 0 Å². The average Bonchev–Trinajstić information content (AvgIpc) is 2.27. The Hall–Kier alpha value is -1.09. The minimum Gasteiger partial charge on any atom is -0.370 e. The summed E-state index contributed by atoms with van der Waals surface area (Å²) in [5.41, 5.74) is 7.59. The van der Waals surface area contributed by atoms with E-state index in [9.17, 15) is 0 Å². The van der Waals surface area contributed by atoms with Gasteiger partial charge in [-0.15, -0.1) is 0 Å². The first-order valence-corrected chi connectivity index (χ1v) is 5.44. The lowest BCUT2D eigenvalue weighted by Gasteiger charge is -2.29. The molecule has 0 spiro atoms. The molecular formula is C12H21N3. The molecule has 3 nitrogen and oxygen atoms in total. The van der Waals surface area contributed by atoms with Gasteiger partial charge in [0.15, 0.2) is 0 Å². The van der Waals surface area contributed by atoms with Crippen LogP contribution in [0, 0.1) is 5.92 Å². The van der Waals surface area contributed by atoms with E-state index in [1.807, 2.05) is 12.3 Å². The van der Waals surface area contributed by atoms with Gasteiger partial charge < -0.3 is 10.6 Å². The third kappa shape index (κ3) is 2.93. The predicted molar refractivity (Wildman–Crippen MR) is 64.8 cm³/mol. The van der Waals surface area contributed by atoms with Crippen LogP contribution in [0.4, 0.5) is 5.69 Å².